The van der Waals surface area contributed by atoms with Gasteiger partial charge in [0.1, 0.15) is 6.29 Å². The number of amides is 1. The molecule has 1 amide bonds. The molecule has 2 N–H and O–H groups in total. The van der Waals surface area contributed by atoms with Gasteiger partial charge in [-0.2, -0.15) is 0 Å². The molecule has 0 aliphatic heterocycles. The average molecular weight is 187 g/mol. The Morgan fingerprint density at radius 1 is 1.43 bits per heavy atom. The highest BCUT2D eigenvalue weighted by Gasteiger charge is 1.95. The van der Waals surface area contributed by atoms with Crippen LogP contribution in [0.15, 0.2) is 18.2 Å². The lowest BCUT2D eigenvalue weighted by Gasteiger charge is -1.96. The smallest absolute Gasteiger partial charge is 0.293 e. The van der Waals surface area contributed by atoms with Gasteiger partial charge in [0.25, 0.3) is 5.91 Å². The van der Waals surface area contributed by atoms with Crippen LogP contribution in [0.1, 0.15) is 21.5 Å². The fraction of sp³-hybridized carbons (Fsp3) is 0.0909. The molecule has 1 rings (SSSR count). The van der Waals surface area contributed by atoms with Gasteiger partial charge < -0.3 is 5.73 Å². The molecule has 0 heterocycles. The highest BCUT2D eigenvalue weighted by molar-refractivity contribution is 5.92. The Kier molecular flexibility index (Phi) is 3.03. The highest BCUT2D eigenvalue weighted by atomic mass is 16.1. The minimum absolute atomic E-state index is 0.541. The summed E-state index contributed by atoms with van der Waals surface area (Å²) in [5.41, 5.74) is 6.94. The lowest BCUT2D eigenvalue weighted by Crippen LogP contribution is -2.06. The van der Waals surface area contributed by atoms with Crippen LogP contribution < -0.4 is 5.73 Å². The van der Waals surface area contributed by atoms with Crippen molar-refractivity contribution in [2.24, 2.45) is 5.73 Å². The van der Waals surface area contributed by atoms with Crippen molar-refractivity contribution in [2.45, 2.75) is 6.92 Å². The lowest BCUT2D eigenvalue weighted by atomic mass is 10.1. The zero-order chi connectivity index (χ0) is 10.6. The topological polar surface area (TPSA) is 60.2 Å². The molecule has 14 heavy (non-hydrogen) atoms. The van der Waals surface area contributed by atoms with Crippen molar-refractivity contribution in [2.75, 3.05) is 0 Å². The molecule has 3 heteroatoms. The summed E-state index contributed by atoms with van der Waals surface area (Å²) in [4.78, 5) is 20.9. The number of aryl methyl sites for hydroxylation is 1. The van der Waals surface area contributed by atoms with Gasteiger partial charge in [0.2, 0.25) is 0 Å². The Morgan fingerprint density at radius 3 is 2.71 bits per heavy atom. The maximum atomic E-state index is 10.5. The van der Waals surface area contributed by atoms with Crippen molar-refractivity contribution in [3.05, 3.63) is 34.9 Å². The number of carbonyl (C=O) groups excluding carboxylic acids is 2. The molecule has 0 aliphatic carbocycles. The second-order valence-corrected chi connectivity index (χ2v) is 2.86. The normalized spacial score (nSPS) is 8.64. The fourth-order valence-corrected chi connectivity index (χ4v) is 1.09. The van der Waals surface area contributed by atoms with E-state index in [2.05, 4.69) is 11.8 Å². The van der Waals surface area contributed by atoms with E-state index in [1.54, 1.807) is 18.2 Å². The maximum absolute atomic E-state index is 10.5. The Bertz CT molecular complexity index is 438. The Hall–Kier alpha value is -2.08. The summed E-state index contributed by atoms with van der Waals surface area (Å²) in [6, 6.07) is 5.13. The minimum atomic E-state index is -0.681. The summed E-state index contributed by atoms with van der Waals surface area (Å²) in [5, 5.41) is 0. The molecule has 3 nitrogen and oxygen atoms in total. The van der Waals surface area contributed by atoms with Gasteiger partial charge in [-0.3, -0.25) is 9.59 Å². The van der Waals surface area contributed by atoms with E-state index >= 15 is 0 Å². The van der Waals surface area contributed by atoms with Crippen LogP contribution in [0.4, 0.5) is 0 Å². The highest BCUT2D eigenvalue weighted by Crippen LogP contribution is 2.06. The van der Waals surface area contributed by atoms with Gasteiger partial charge >= 0.3 is 0 Å². The zero-order valence-corrected chi connectivity index (χ0v) is 7.70. The Morgan fingerprint density at radius 2 is 2.14 bits per heavy atom. The first-order valence-corrected chi connectivity index (χ1v) is 4.00. The minimum Gasteiger partial charge on any atom is -0.359 e. The summed E-state index contributed by atoms with van der Waals surface area (Å²) in [6.07, 6.45) is 0.739. The second kappa shape index (κ2) is 4.24. The molecular formula is C11H9NO2. The van der Waals surface area contributed by atoms with Gasteiger partial charge in [-0.25, -0.2) is 0 Å². The number of nitrogens with two attached hydrogens (primary N) is 1. The molecule has 0 fully saturated rings. The molecule has 0 aliphatic rings. The van der Waals surface area contributed by atoms with Crippen molar-refractivity contribution in [1.29, 1.82) is 0 Å². The molecule has 70 valence electrons. The van der Waals surface area contributed by atoms with E-state index in [-0.39, 0.29) is 0 Å². The van der Waals surface area contributed by atoms with Gasteiger partial charge in [-0.1, -0.05) is 5.92 Å². The Balaban J connectivity index is 3.11. The van der Waals surface area contributed by atoms with Crippen LogP contribution >= 0.6 is 0 Å². The van der Waals surface area contributed by atoms with Crippen LogP contribution in [0.3, 0.4) is 0 Å². The predicted molar refractivity (Wildman–Crippen MR) is 52.6 cm³/mol. The second-order valence-electron chi connectivity index (χ2n) is 2.86. The molecule has 0 radical (unpaired) electrons. The van der Waals surface area contributed by atoms with Crippen LogP contribution in [0.5, 0.6) is 0 Å². The molecule has 1 aromatic carbocycles. The summed E-state index contributed by atoms with van der Waals surface area (Å²) >= 11 is 0. The number of hydrogen-bond donors (Lipinski definition) is 1. The number of rotatable bonds is 1. The lowest BCUT2D eigenvalue weighted by molar-refractivity contribution is -0.112. The van der Waals surface area contributed by atoms with Gasteiger partial charge in [0.05, 0.1) is 0 Å². The van der Waals surface area contributed by atoms with Crippen LogP contribution in [0, 0.1) is 18.8 Å². The standard InChI is InChI=1S/C11H9NO2/c1-8-4-9(2-3-11(12)14)6-10(5-8)7-13/h4-7H,1H3,(H2,12,14). The average Bonchev–Trinajstić information content (AvgIpc) is 2.14. The molecule has 0 saturated carbocycles. The zero-order valence-electron chi connectivity index (χ0n) is 7.70. The van der Waals surface area contributed by atoms with Crippen LogP contribution in [-0.4, -0.2) is 12.2 Å². The number of hydrogen-bond acceptors (Lipinski definition) is 2. The largest absolute Gasteiger partial charge is 0.359 e. The summed E-state index contributed by atoms with van der Waals surface area (Å²) in [5.74, 6) is 4.11. The molecule has 0 saturated heterocycles. The molecular weight excluding hydrogens is 178 g/mol. The van der Waals surface area contributed by atoms with E-state index in [9.17, 15) is 9.59 Å². The van der Waals surface area contributed by atoms with E-state index in [0.29, 0.717) is 11.1 Å². The van der Waals surface area contributed by atoms with E-state index in [1.165, 1.54) is 0 Å². The van der Waals surface area contributed by atoms with E-state index in [1.807, 2.05) is 6.92 Å². The molecule has 0 spiro atoms. The number of benzene rings is 1. The van der Waals surface area contributed by atoms with Crippen LogP contribution in [0.25, 0.3) is 0 Å². The number of primary amides is 1. The monoisotopic (exact) mass is 187 g/mol. The first kappa shape index (κ1) is 10.0. The van der Waals surface area contributed by atoms with E-state index in [4.69, 9.17) is 5.73 Å². The Labute approximate surface area is 81.9 Å². The van der Waals surface area contributed by atoms with Crippen molar-refractivity contribution in [3.63, 3.8) is 0 Å². The van der Waals surface area contributed by atoms with E-state index < -0.39 is 5.91 Å². The molecule has 0 bridgehead atoms. The summed E-state index contributed by atoms with van der Waals surface area (Å²) < 4.78 is 0. The van der Waals surface area contributed by atoms with Crippen molar-refractivity contribution in [3.8, 4) is 11.8 Å². The molecule has 0 aromatic heterocycles. The number of carbonyl (C=O) groups is 2. The van der Waals surface area contributed by atoms with Crippen LogP contribution in [0.2, 0.25) is 0 Å². The summed E-state index contributed by atoms with van der Waals surface area (Å²) in [7, 11) is 0. The van der Waals surface area contributed by atoms with Gasteiger partial charge in [0, 0.05) is 11.1 Å². The van der Waals surface area contributed by atoms with Crippen molar-refractivity contribution in [1.82, 2.24) is 0 Å². The molecule has 1 aromatic rings. The third-order valence-electron chi connectivity index (χ3n) is 1.57. The third kappa shape index (κ3) is 2.76. The third-order valence-corrected chi connectivity index (χ3v) is 1.57. The van der Waals surface area contributed by atoms with Gasteiger partial charge in [0.15, 0.2) is 0 Å². The van der Waals surface area contributed by atoms with Gasteiger partial charge in [-0.05, 0) is 36.6 Å². The SMILES string of the molecule is Cc1cc(C#CC(N)=O)cc(C=O)c1. The molecule has 0 unspecified atom stereocenters. The first-order chi connectivity index (χ1) is 6.61. The van der Waals surface area contributed by atoms with Crippen molar-refractivity contribution < 1.29 is 9.59 Å². The van der Waals surface area contributed by atoms with Gasteiger partial charge in [-0.15, -0.1) is 0 Å². The quantitative estimate of drug-likeness (QED) is 0.518. The maximum Gasteiger partial charge on any atom is 0.293 e. The fourth-order valence-electron chi connectivity index (χ4n) is 1.09. The predicted octanol–water partition coefficient (Wildman–Crippen LogP) is 0.644. The van der Waals surface area contributed by atoms with Crippen molar-refractivity contribution >= 4 is 12.2 Å². The first-order valence-electron chi connectivity index (χ1n) is 4.00. The summed E-state index contributed by atoms with van der Waals surface area (Å²) in [6.45, 7) is 1.85. The number of aldehydes is 1. The molecule has 0 atom stereocenters. The van der Waals surface area contributed by atoms with E-state index in [0.717, 1.165) is 11.8 Å². The van der Waals surface area contributed by atoms with Crippen LogP contribution in [-0.2, 0) is 4.79 Å².